The van der Waals surface area contributed by atoms with Crippen LogP contribution in [0.4, 0.5) is 0 Å². The molecule has 0 aliphatic rings. The van der Waals surface area contributed by atoms with Crippen LogP contribution < -0.4 is 5.43 Å². The van der Waals surface area contributed by atoms with Gasteiger partial charge < -0.3 is 5.11 Å². The highest BCUT2D eigenvalue weighted by molar-refractivity contribution is 7.13. The van der Waals surface area contributed by atoms with Crippen LogP contribution in [-0.2, 0) is 11.2 Å². The van der Waals surface area contributed by atoms with Gasteiger partial charge in [0.05, 0.1) is 6.21 Å². The van der Waals surface area contributed by atoms with Gasteiger partial charge in [0.25, 0.3) is 5.91 Å². The summed E-state index contributed by atoms with van der Waals surface area (Å²) in [6, 6.07) is 12.7. The van der Waals surface area contributed by atoms with Gasteiger partial charge in [-0.25, -0.2) is 5.43 Å². The maximum atomic E-state index is 11.7. The van der Waals surface area contributed by atoms with E-state index in [1.165, 1.54) is 4.88 Å². The predicted octanol–water partition coefficient (Wildman–Crippen LogP) is 2.49. The van der Waals surface area contributed by atoms with Crippen LogP contribution in [0.15, 0.2) is 47.6 Å². The van der Waals surface area contributed by atoms with Gasteiger partial charge in [-0.15, -0.1) is 11.3 Å². The Morgan fingerprint density at radius 3 is 2.75 bits per heavy atom. The van der Waals surface area contributed by atoms with E-state index >= 15 is 0 Å². The normalized spacial score (nSPS) is 12.5. The second kappa shape index (κ2) is 6.98. The highest BCUT2D eigenvalue weighted by Crippen LogP contribution is 2.15. The first-order valence-corrected chi connectivity index (χ1v) is 7.17. The molecule has 1 unspecified atom stereocenters. The second-order valence-corrected chi connectivity index (χ2v) is 5.41. The third kappa shape index (κ3) is 3.76. The maximum Gasteiger partial charge on any atom is 0.273 e. The van der Waals surface area contributed by atoms with Crippen molar-refractivity contribution in [3.63, 3.8) is 0 Å². The molecule has 1 atom stereocenters. The van der Waals surface area contributed by atoms with Gasteiger partial charge in [0.15, 0.2) is 6.10 Å². The van der Waals surface area contributed by atoms with Crippen LogP contribution in [0.25, 0.3) is 0 Å². The van der Waals surface area contributed by atoms with E-state index in [9.17, 15) is 9.90 Å². The molecule has 4 nitrogen and oxygen atoms in total. The van der Waals surface area contributed by atoms with Gasteiger partial charge in [-0.1, -0.05) is 37.3 Å². The monoisotopic (exact) mass is 288 g/mol. The number of nitrogens with zero attached hydrogens (tertiary/aromatic N) is 1. The van der Waals surface area contributed by atoms with E-state index in [2.05, 4.69) is 17.5 Å². The zero-order valence-corrected chi connectivity index (χ0v) is 11.9. The molecule has 1 amide bonds. The summed E-state index contributed by atoms with van der Waals surface area (Å²) in [7, 11) is 0. The summed E-state index contributed by atoms with van der Waals surface area (Å²) < 4.78 is 0. The van der Waals surface area contributed by atoms with Crippen molar-refractivity contribution in [2.24, 2.45) is 5.10 Å². The molecule has 5 heteroatoms. The summed E-state index contributed by atoms with van der Waals surface area (Å²) in [5.74, 6) is -0.542. The minimum absolute atomic E-state index is 0.542. The SMILES string of the molecule is CCc1ccc(C=NNC(=O)C(O)c2ccccc2)s1. The van der Waals surface area contributed by atoms with Crippen molar-refractivity contribution in [1.82, 2.24) is 5.43 Å². The van der Waals surface area contributed by atoms with E-state index in [4.69, 9.17) is 0 Å². The quantitative estimate of drug-likeness (QED) is 0.656. The topological polar surface area (TPSA) is 61.7 Å². The Morgan fingerprint density at radius 1 is 1.35 bits per heavy atom. The maximum absolute atomic E-state index is 11.7. The molecule has 2 N–H and O–H groups in total. The molecule has 1 heterocycles. The van der Waals surface area contributed by atoms with Crippen molar-refractivity contribution in [3.8, 4) is 0 Å². The molecule has 0 radical (unpaired) electrons. The fraction of sp³-hybridized carbons (Fsp3) is 0.200. The van der Waals surface area contributed by atoms with Crippen LogP contribution in [0.2, 0.25) is 0 Å². The van der Waals surface area contributed by atoms with Crippen molar-refractivity contribution in [2.45, 2.75) is 19.4 Å². The summed E-state index contributed by atoms with van der Waals surface area (Å²) in [5, 5.41) is 13.7. The van der Waals surface area contributed by atoms with Gasteiger partial charge in [0.1, 0.15) is 0 Å². The molecule has 0 saturated heterocycles. The van der Waals surface area contributed by atoms with E-state index in [1.807, 2.05) is 18.2 Å². The van der Waals surface area contributed by atoms with Crippen molar-refractivity contribution >= 4 is 23.5 Å². The lowest BCUT2D eigenvalue weighted by Gasteiger charge is -2.08. The van der Waals surface area contributed by atoms with Crippen molar-refractivity contribution in [1.29, 1.82) is 0 Å². The Labute approximate surface area is 121 Å². The molecule has 0 bridgehead atoms. The van der Waals surface area contributed by atoms with Crippen LogP contribution in [0.3, 0.4) is 0 Å². The zero-order valence-electron chi connectivity index (χ0n) is 11.1. The molecule has 1 aromatic carbocycles. The number of thiophene rings is 1. The Kier molecular flexibility index (Phi) is 5.03. The molecule has 2 aromatic rings. The lowest BCUT2D eigenvalue weighted by molar-refractivity contribution is -0.129. The van der Waals surface area contributed by atoms with Crippen LogP contribution >= 0.6 is 11.3 Å². The lowest BCUT2D eigenvalue weighted by Crippen LogP contribution is -2.25. The van der Waals surface area contributed by atoms with E-state index in [0.29, 0.717) is 5.56 Å². The summed E-state index contributed by atoms with van der Waals surface area (Å²) in [4.78, 5) is 14.0. The Balaban J connectivity index is 1.91. The largest absolute Gasteiger partial charge is 0.378 e. The molecule has 20 heavy (non-hydrogen) atoms. The van der Waals surface area contributed by atoms with Crippen molar-refractivity contribution in [2.75, 3.05) is 0 Å². The predicted molar refractivity (Wildman–Crippen MR) is 80.8 cm³/mol. The Bertz CT molecular complexity index is 593. The first kappa shape index (κ1) is 14.4. The first-order chi connectivity index (χ1) is 9.70. The average molecular weight is 288 g/mol. The number of hydrogen-bond acceptors (Lipinski definition) is 4. The highest BCUT2D eigenvalue weighted by Gasteiger charge is 2.15. The van der Waals surface area contributed by atoms with Gasteiger partial charge in [0, 0.05) is 9.75 Å². The third-order valence-electron chi connectivity index (χ3n) is 2.76. The number of aryl methyl sites for hydroxylation is 1. The molecular weight excluding hydrogens is 272 g/mol. The molecule has 0 fully saturated rings. The van der Waals surface area contributed by atoms with E-state index in [0.717, 1.165) is 11.3 Å². The van der Waals surface area contributed by atoms with Gasteiger partial charge >= 0.3 is 0 Å². The number of hydrazone groups is 1. The fourth-order valence-electron chi connectivity index (χ4n) is 1.66. The molecule has 0 aliphatic carbocycles. The fourth-order valence-corrected chi connectivity index (χ4v) is 2.49. The molecule has 104 valence electrons. The van der Waals surface area contributed by atoms with E-state index in [-0.39, 0.29) is 0 Å². The lowest BCUT2D eigenvalue weighted by atomic mass is 10.1. The number of rotatable bonds is 5. The number of hydrogen-bond donors (Lipinski definition) is 2. The Morgan fingerprint density at radius 2 is 2.10 bits per heavy atom. The Hall–Kier alpha value is -1.98. The average Bonchev–Trinajstić information content (AvgIpc) is 2.95. The number of nitrogens with one attached hydrogen (secondary N) is 1. The molecule has 0 saturated carbocycles. The second-order valence-electron chi connectivity index (χ2n) is 4.21. The zero-order chi connectivity index (χ0) is 14.4. The van der Waals surface area contributed by atoms with Gasteiger partial charge in [-0.2, -0.15) is 5.10 Å². The van der Waals surface area contributed by atoms with Crippen LogP contribution in [0.1, 0.15) is 28.3 Å². The summed E-state index contributed by atoms with van der Waals surface area (Å²) in [5.41, 5.74) is 2.89. The minimum atomic E-state index is -1.21. The van der Waals surface area contributed by atoms with Gasteiger partial charge in [-0.05, 0) is 24.1 Å². The number of benzene rings is 1. The number of amides is 1. The third-order valence-corrected chi connectivity index (χ3v) is 3.93. The smallest absolute Gasteiger partial charge is 0.273 e. The molecule has 0 aliphatic heterocycles. The van der Waals surface area contributed by atoms with Crippen LogP contribution in [0.5, 0.6) is 0 Å². The van der Waals surface area contributed by atoms with Crippen LogP contribution in [-0.4, -0.2) is 17.2 Å². The number of carbonyl (C=O) groups is 1. The van der Waals surface area contributed by atoms with Crippen LogP contribution in [0, 0.1) is 0 Å². The number of aliphatic hydroxyl groups is 1. The summed E-state index contributed by atoms with van der Waals surface area (Å²) >= 11 is 1.63. The summed E-state index contributed by atoms with van der Waals surface area (Å²) in [6.07, 6.45) is 1.36. The standard InChI is InChI=1S/C15H16N2O2S/c1-2-12-8-9-13(20-12)10-16-17-15(19)14(18)11-6-4-3-5-7-11/h3-10,14,18H,2H2,1H3,(H,17,19). The minimum Gasteiger partial charge on any atom is -0.378 e. The van der Waals surface area contributed by atoms with Crippen molar-refractivity contribution in [3.05, 3.63) is 57.8 Å². The van der Waals surface area contributed by atoms with E-state index in [1.54, 1.807) is 41.8 Å². The molecule has 2 rings (SSSR count). The number of aliphatic hydroxyl groups excluding tert-OH is 1. The van der Waals surface area contributed by atoms with E-state index < -0.39 is 12.0 Å². The first-order valence-electron chi connectivity index (χ1n) is 6.35. The molecular formula is C15H16N2O2S. The highest BCUT2D eigenvalue weighted by atomic mass is 32.1. The van der Waals surface area contributed by atoms with Gasteiger partial charge in [-0.3, -0.25) is 4.79 Å². The van der Waals surface area contributed by atoms with Crippen molar-refractivity contribution < 1.29 is 9.90 Å². The number of carbonyl (C=O) groups excluding carboxylic acids is 1. The molecule has 1 aromatic heterocycles. The van der Waals surface area contributed by atoms with Gasteiger partial charge in [0.2, 0.25) is 0 Å². The summed E-state index contributed by atoms with van der Waals surface area (Å²) in [6.45, 7) is 2.09. The molecule has 0 spiro atoms.